The number of nitrogens with zero attached hydrogens (tertiary/aromatic N) is 1. The summed E-state index contributed by atoms with van der Waals surface area (Å²) in [5.41, 5.74) is -0.150. The fraction of sp³-hybridized carbons (Fsp3) is 1.00. The van der Waals surface area contributed by atoms with Crippen molar-refractivity contribution in [1.29, 1.82) is 0 Å². The van der Waals surface area contributed by atoms with E-state index in [9.17, 15) is 13.2 Å². The molecule has 0 unspecified atom stereocenters. The SMILES string of the molecule is CCC(CC)(CNC1CC1)CN(CCO)CC(F)(F)F. The molecule has 0 aromatic carbocycles. The third-order valence-electron chi connectivity index (χ3n) is 4.22. The number of aliphatic hydroxyl groups is 1. The summed E-state index contributed by atoms with van der Waals surface area (Å²) >= 11 is 0. The second-order valence-corrected chi connectivity index (χ2v) is 5.91. The van der Waals surface area contributed by atoms with Crippen LogP contribution >= 0.6 is 0 Å². The molecule has 2 N–H and O–H groups in total. The zero-order valence-electron chi connectivity index (χ0n) is 12.5. The van der Waals surface area contributed by atoms with Crippen LogP contribution in [0.4, 0.5) is 13.2 Å². The van der Waals surface area contributed by atoms with Crippen LogP contribution in [-0.2, 0) is 0 Å². The largest absolute Gasteiger partial charge is 0.401 e. The highest BCUT2D eigenvalue weighted by Gasteiger charge is 2.36. The van der Waals surface area contributed by atoms with Crippen LogP contribution < -0.4 is 5.32 Å². The van der Waals surface area contributed by atoms with E-state index < -0.39 is 12.7 Å². The molecule has 0 radical (unpaired) electrons. The molecule has 1 rings (SSSR count). The first kappa shape index (κ1) is 17.7. The minimum atomic E-state index is -4.22. The van der Waals surface area contributed by atoms with Crippen molar-refractivity contribution in [2.75, 3.05) is 32.8 Å². The molecule has 1 aliphatic carbocycles. The first-order valence-electron chi connectivity index (χ1n) is 7.47. The van der Waals surface area contributed by atoms with E-state index in [4.69, 9.17) is 5.11 Å². The molecule has 20 heavy (non-hydrogen) atoms. The van der Waals surface area contributed by atoms with Gasteiger partial charge < -0.3 is 10.4 Å². The fourth-order valence-corrected chi connectivity index (χ4v) is 2.51. The third kappa shape index (κ3) is 6.41. The predicted molar refractivity (Wildman–Crippen MR) is 73.6 cm³/mol. The van der Waals surface area contributed by atoms with E-state index in [0.29, 0.717) is 12.6 Å². The van der Waals surface area contributed by atoms with Crippen molar-refractivity contribution in [2.45, 2.75) is 51.7 Å². The molecular formula is C14H27F3N2O. The highest BCUT2D eigenvalue weighted by molar-refractivity contribution is 4.88. The molecule has 0 bridgehead atoms. The number of hydrogen-bond acceptors (Lipinski definition) is 3. The highest BCUT2D eigenvalue weighted by atomic mass is 19.4. The molecule has 0 spiro atoms. The van der Waals surface area contributed by atoms with Gasteiger partial charge in [0.1, 0.15) is 0 Å². The van der Waals surface area contributed by atoms with E-state index >= 15 is 0 Å². The summed E-state index contributed by atoms with van der Waals surface area (Å²) in [6.07, 6.45) is -0.197. The second-order valence-electron chi connectivity index (χ2n) is 5.91. The van der Waals surface area contributed by atoms with E-state index in [0.717, 1.165) is 19.4 Å². The van der Waals surface area contributed by atoms with Crippen molar-refractivity contribution < 1.29 is 18.3 Å². The minimum absolute atomic E-state index is 0.0741. The molecule has 1 fully saturated rings. The van der Waals surface area contributed by atoms with E-state index in [2.05, 4.69) is 5.32 Å². The molecule has 0 amide bonds. The normalized spacial score (nSPS) is 16.9. The van der Waals surface area contributed by atoms with Crippen molar-refractivity contribution in [3.8, 4) is 0 Å². The van der Waals surface area contributed by atoms with Crippen LogP contribution in [0.2, 0.25) is 0 Å². The summed E-state index contributed by atoms with van der Waals surface area (Å²) in [6.45, 7) is 4.08. The molecule has 0 aromatic heterocycles. The van der Waals surface area contributed by atoms with Gasteiger partial charge in [0.25, 0.3) is 0 Å². The van der Waals surface area contributed by atoms with Gasteiger partial charge >= 0.3 is 6.18 Å². The summed E-state index contributed by atoms with van der Waals surface area (Å²) in [5, 5.41) is 12.4. The predicted octanol–water partition coefficient (Wildman–Crippen LogP) is 2.40. The van der Waals surface area contributed by atoms with Gasteiger partial charge in [-0.3, -0.25) is 4.90 Å². The lowest BCUT2D eigenvalue weighted by molar-refractivity contribution is -0.150. The smallest absolute Gasteiger partial charge is 0.395 e. The monoisotopic (exact) mass is 296 g/mol. The molecule has 0 aliphatic heterocycles. The van der Waals surface area contributed by atoms with Gasteiger partial charge in [-0.25, -0.2) is 0 Å². The third-order valence-corrected chi connectivity index (χ3v) is 4.22. The maximum absolute atomic E-state index is 12.6. The van der Waals surface area contributed by atoms with Gasteiger partial charge in [-0.15, -0.1) is 0 Å². The van der Waals surface area contributed by atoms with Gasteiger partial charge in [-0.05, 0) is 31.1 Å². The Labute approximate surface area is 119 Å². The number of hydrogen-bond donors (Lipinski definition) is 2. The van der Waals surface area contributed by atoms with Crippen LogP contribution in [0.1, 0.15) is 39.5 Å². The zero-order valence-corrected chi connectivity index (χ0v) is 12.5. The molecule has 3 nitrogen and oxygen atoms in total. The molecule has 120 valence electrons. The Bertz CT molecular complexity index is 276. The maximum Gasteiger partial charge on any atom is 0.401 e. The van der Waals surface area contributed by atoms with Crippen molar-refractivity contribution in [2.24, 2.45) is 5.41 Å². The van der Waals surface area contributed by atoms with Crippen LogP contribution in [0.15, 0.2) is 0 Å². The zero-order chi connectivity index (χ0) is 15.2. The molecular weight excluding hydrogens is 269 g/mol. The van der Waals surface area contributed by atoms with Crippen LogP contribution in [0.3, 0.4) is 0 Å². The van der Waals surface area contributed by atoms with Crippen molar-refractivity contribution >= 4 is 0 Å². The number of nitrogens with one attached hydrogen (secondary N) is 1. The summed E-state index contributed by atoms with van der Waals surface area (Å²) in [6, 6.07) is 0.557. The fourth-order valence-electron chi connectivity index (χ4n) is 2.51. The first-order valence-corrected chi connectivity index (χ1v) is 7.47. The van der Waals surface area contributed by atoms with Crippen LogP contribution in [0.5, 0.6) is 0 Å². The van der Waals surface area contributed by atoms with Gasteiger partial charge in [0.05, 0.1) is 13.2 Å². The number of halogens is 3. The van der Waals surface area contributed by atoms with Gasteiger partial charge in [-0.1, -0.05) is 13.8 Å². The summed E-state index contributed by atoms with van der Waals surface area (Å²) in [5.74, 6) is 0. The highest BCUT2D eigenvalue weighted by Crippen LogP contribution is 2.30. The van der Waals surface area contributed by atoms with Gasteiger partial charge in [0.15, 0.2) is 0 Å². The van der Waals surface area contributed by atoms with E-state index in [-0.39, 0.29) is 18.6 Å². The van der Waals surface area contributed by atoms with E-state index in [1.165, 1.54) is 17.7 Å². The summed E-state index contributed by atoms with van der Waals surface area (Å²) < 4.78 is 37.8. The topological polar surface area (TPSA) is 35.5 Å². The molecule has 1 saturated carbocycles. The summed E-state index contributed by atoms with van der Waals surface area (Å²) in [4.78, 5) is 1.33. The second kappa shape index (κ2) is 7.61. The quantitative estimate of drug-likeness (QED) is 0.650. The Hall–Kier alpha value is -0.330. The number of alkyl halides is 3. The Morgan fingerprint density at radius 2 is 1.75 bits per heavy atom. The average molecular weight is 296 g/mol. The number of aliphatic hydroxyl groups excluding tert-OH is 1. The van der Waals surface area contributed by atoms with Crippen molar-refractivity contribution in [3.05, 3.63) is 0 Å². The molecule has 6 heteroatoms. The molecule has 0 saturated heterocycles. The number of rotatable bonds is 10. The lowest BCUT2D eigenvalue weighted by Crippen LogP contribution is -2.47. The lowest BCUT2D eigenvalue weighted by Gasteiger charge is -2.37. The average Bonchev–Trinajstić information content (AvgIpc) is 3.17. The van der Waals surface area contributed by atoms with Gasteiger partial charge in [0, 0.05) is 25.7 Å². The lowest BCUT2D eigenvalue weighted by atomic mass is 9.81. The van der Waals surface area contributed by atoms with Crippen LogP contribution in [0, 0.1) is 5.41 Å². The maximum atomic E-state index is 12.6. The minimum Gasteiger partial charge on any atom is -0.395 e. The van der Waals surface area contributed by atoms with Crippen molar-refractivity contribution in [1.82, 2.24) is 10.2 Å². The standard InChI is InChI=1S/C14H27F3N2O/c1-3-13(4-2,9-18-12-5-6-12)10-19(7-8-20)11-14(15,16)17/h12,18,20H,3-11H2,1-2H3. The van der Waals surface area contributed by atoms with E-state index in [1.54, 1.807) is 0 Å². The summed E-state index contributed by atoms with van der Waals surface area (Å²) in [7, 11) is 0. The Balaban J connectivity index is 2.61. The Kier molecular flexibility index (Phi) is 6.75. The Morgan fingerprint density at radius 1 is 1.15 bits per heavy atom. The molecule has 1 aliphatic rings. The molecule has 0 heterocycles. The molecule has 0 aromatic rings. The van der Waals surface area contributed by atoms with Gasteiger partial charge in [0.2, 0.25) is 0 Å². The van der Waals surface area contributed by atoms with E-state index in [1.807, 2.05) is 13.8 Å². The van der Waals surface area contributed by atoms with Crippen molar-refractivity contribution in [3.63, 3.8) is 0 Å². The van der Waals surface area contributed by atoms with Crippen LogP contribution in [-0.4, -0.2) is 55.0 Å². The first-order chi connectivity index (χ1) is 9.34. The molecule has 0 atom stereocenters. The Morgan fingerprint density at radius 3 is 2.15 bits per heavy atom. The van der Waals surface area contributed by atoms with Gasteiger partial charge in [-0.2, -0.15) is 13.2 Å². The van der Waals surface area contributed by atoms with Crippen LogP contribution in [0.25, 0.3) is 0 Å².